The minimum Gasteiger partial charge on any atom is -0.481 e. The quantitative estimate of drug-likeness (QED) is 0.211. The predicted octanol–water partition coefficient (Wildman–Crippen LogP) is 1.78. The van der Waals surface area contributed by atoms with Crippen LogP contribution in [0.1, 0.15) is 24.0 Å². The highest BCUT2D eigenvalue weighted by molar-refractivity contribution is 6.08. The molecule has 226 valence electrons. The third-order valence-electron chi connectivity index (χ3n) is 6.80. The molecule has 2 aliphatic rings. The maximum absolute atomic E-state index is 13.9. The van der Waals surface area contributed by atoms with Crippen molar-refractivity contribution < 1.29 is 56.1 Å². The van der Waals surface area contributed by atoms with Crippen molar-refractivity contribution in [2.45, 2.75) is 43.8 Å². The molecule has 43 heavy (non-hydrogen) atoms. The van der Waals surface area contributed by atoms with E-state index in [9.17, 15) is 46.6 Å². The maximum Gasteiger partial charge on any atom is 0.408 e. The van der Waals surface area contributed by atoms with Crippen molar-refractivity contribution in [2.24, 2.45) is 0 Å². The molecule has 0 saturated carbocycles. The summed E-state index contributed by atoms with van der Waals surface area (Å²) in [5.41, 5.74) is 1.72. The van der Waals surface area contributed by atoms with Crippen LogP contribution in [0.25, 0.3) is 0 Å². The zero-order valence-electron chi connectivity index (χ0n) is 22.1. The number of benzene rings is 2. The fraction of sp³-hybridized carbons (Fsp3) is 0.321. The summed E-state index contributed by atoms with van der Waals surface area (Å²) < 4.78 is 64.3. The molecular weight excluding hydrogens is 582 g/mol. The minimum absolute atomic E-state index is 0.0293. The van der Waals surface area contributed by atoms with Gasteiger partial charge in [0.05, 0.1) is 12.1 Å². The Morgan fingerprint density at radius 3 is 2.44 bits per heavy atom. The van der Waals surface area contributed by atoms with Crippen LogP contribution in [0.5, 0.6) is 5.75 Å². The average molecular weight is 605 g/mol. The molecule has 0 spiro atoms. The number of ether oxygens (including phenoxy) is 2. The molecule has 2 aliphatic heterocycles. The lowest BCUT2D eigenvalue weighted by atomic mass is 10.0. The topological polar surface area (TPSA) is 151 Å². The number of terminal acetylenes is 1. The van der Waals surface area contributed by atoms with Crippen LogP contribution in [0, 0.1) is 35.6 Å². The molecule has 0 saturated heterocycles. The van der Waals surface area contributed by atoms with Crippen molar-refractivity contribution in [1.82, 2.24) is 10.6 Å². The van der Waals surface area contributed by atoms with Gasteiger partial charge >= 0.3 is 12.1 Å². The Morgan fingerprint density at radius 2 is 1.79 bits per heavy atom. The molecule has 3 amide bonds. The van der Waals surface area contributed by atoms with E-state index in [0.29, 0.717) is 23.2 Å². The highest BCUT2D eigenvalue weighted by atomic mass is 19.2. The smallest absolute Gasteiger partial charge is 0.408 e. The third-order valence-corrected chi connectivity index (χ3v) is 6.80. The minimum atomic E-state index is -1.92. The van der Waals surface area contributed by atoms with E-state index < -0.39 is 89.8 Å². The summed E-state index contributed by atoms with van der Waals surface area (Å²) in [7, 11) is 0. The number of amides is 3. The largest absolute Gasteiger partial charge is 0.481 e. The second kappa shape index (κ2) is 12.8. The number of nitrogens with zero attached hydrogens (tertiary/aromatic N) is 1. The zero-order chi connectivity index (χ0) is 31.4. The number of ketones is 1. The Hall–Kier alpha value is -5.13. The predicted molar refractivity (Wildman–Crippen MR) is 138 cm³/mol. The number of carboxylic acids is 1. The van der Waals surface area contributed by atoms with Gasteiger partial charge in [0.2, 0.25) is 23.4 Å². The van der Waals surface area contributed by atoms with Crippen LogP contribution in [-0.4, -0.2) is 66.1 Å². The van der Waals surface area contributed by atoms with Gasteiger partial charge in [0, 0.05) is 12.5 Å². The molecule has 3 unspecified atom stereocenters. The molecule has 0 bridgehead atoms. The van der Waals surface area contributed by atoms with Gasteiger partial charge in [-0.2, -0.15) is 8.78 Å². The molecule has 0 aliphatic carbocycles. The highest BCUT2D eigenvalue weighted by Gasteiger charge is 2.45. The summed E-state index contributed by atoms with van der Waals surface area (Å²) in [6.45, 7) is -1.61. The van der Waals surface area contributed by atoms with Crippen molar-refractivity contribution in [3.63, 3.8) is 0 Å². The molecule has 3 N–H and O–H groups in total. The van der Waals surface area contributed by atoms with Crippen molar-refractivity contribution in [1.29, 1.82) is 0 Å². The van der Waals surface area contributed by atoms with Gasteiger partial charge < -0.3 is 25.2 Å². The first-order valence-electron chi connectivity index (χ1n) is 12.7. The monoisotopic (exact) mass is 605 g/mol. The van der Waals surface area contributed by atoms with E-state index in [0.717, 1.165) is 4.90 Å². The molecule has 3 atom stereocenters. The number of halogens is 4. The van der Waals surface area contributed by atoms with E-state index in [-0.39, 0.29) is 25.5 Å². The number of rotatable bonds is 10. The lowest BCUT2D eigenvalue weighted by Crippen LogP contribution is -2.56. The van der Waals surface area contributed by atoms with E-state index in [1.165, 1.54) is 0 Å². The summed E-state index contributed by atoms with van der Waals surface area (Å²) >= 11 is 0. The summed E-state index contributed by atoms with van der Waals surface area (Å²) in [4.78, 5) is 64.6. The highest BCUT2D eigenvalue weighted by Crippen LogP contribution is 2.39. The SMILES string of the molecule is C#CCOC(=O)NC1CCc2cccc3c2N(C1=O)C(C(=O)NC(CC(=O)O)C(=O)COc1c(F)c(F)cc(F)c1F)C3. The maximum atomic E-state index is 13.9. The van der Waals surface area contributed by atoms with Gasteiger partial charge in [-0.3, -0.25) is 24.1 Å². The summed E-state index contributed by atoms with van der Waals surface area (Å²) in [5.74, 6) is -11.2. The van der Waals surface area contributed by atoms with Gasteiger partial charge in [0.15, 0.2) is 29.8 Å². The van der Waals surface area contributed by atoms with E-state index >= 15 is 0 Å². The first-order valence-corrected chi connectivity index (χ1v) is 12.7. The Balaban J connectivity index is 1.55. The van der Waals surface area contributed by atoms with Crippen LogP contribution < -0.4 is 20.3 Å². The lowest BCUT2D eigenvalue weighted by molar-refractivity contribution is -0.140. The van der Waals surface area contributed by atoms with Crippen molar-refractivity contribution >= 4 is 35.3 Å². The van der Waals surface area contributed by atoms with Crippen molar-refractivity contribution in [2.75, 3.05) is 18.1 Å². The van der Waals surface area contributed by atoms with Gasteiger partial charge in [-0.15, -0.1) is 6.42 Å². The number of aryl methyl sites for hydroxylation is 1. The van der Waals surface area contributed by atoms with Crippen LogP contribution in [0.2, 0.25) is 0 Å². The zero-order valence-corrected chi connectivity index (χ0v) is 22.1. The van der Waals surface area contributed by atoms with Crippen LogP contribution >= 0.6 is 0 Å². The molecular formula is C28H23F4N3O8. The lowest BCUT2D eigenvalue weighted by Gasteiger charge is -2.28. The van der Waals surface area contributed by atoms with E-state index in [2.05, 4.69) is 21.3 Å². The average Bonchev–Trinajstić information content (AvgIpc) is 3.30. The summed E-state index contributed by atoms with van der Waals surface area (Å²) in [6, 6.07) is 0.824. The summed E-state index contributed by atoms with van der Waals surface area (Å²) in [6.07, 6.45) is 3.58. The van der Waals surface area contributed by atoms with Crippen molar-refractivity contribution in [3.8, 4) is 18.1 Å². The Morgan fingerprint density at radius 1 is 1.12 bits per heavy atom. The van der Waals surface area contributed by atoms with Gasteiger partial charge in [0.25, 0.3) is 0 Å². The first kappa shape index (κ1) is 30.8. The molecule has 0 fully saturated rings. The molecule has 0 radical (unpaired) electrons. The molecule has 15 heteroatoms. The van der Waals surface area contributed by atoms with Crippen LogP contribution in [-0.2, 0) is 36.8 Å². The van der Waals surface area contributed by atoms with Gasteiger partial charge in [-0.1, -0.05) is 24.1 Å². The number of nitrogens with one attached hydrogen (secondary N) is 2. The molecule has 2 heterocycles. The van der Waals surface area contributed by atoms with Crippen molar-refractivity contribution in [3.05, 3.63) is 58.7 Å². The number of Topliss-reactive ketones (excluding diaryl/α,β-unsaturated/α-hetero) is 1. The van der Waals surface area contributed by atoms with Crippen LogP contribution in [0.4, 0.5) is 28.0 Å². The number of aliphatic carboxylic acids is 1. The van der Waals surface area contributed by atoms with Gasteiger partial charge in [-0.05, 0) is 24.0 Å². The Kier molecular flexibility index (Phi) is 9.18. The summed E-state index contributed by atoms with van der Waals surface area (Å²) in [5, 5.41) is 14.0. The molecule has 2 aromatic rings. The van der Waals surface area contributed by atoms with E-state index in [1.807, 2.05) is 0 Å². The number of para-hydroxylation sites is 1. The molecule has 0 aromatic heterocycles. The normalized spacial score (nSPS) is 17.7. The standard InChI is InChI=1S/C28H23F4N3O8/c1-2-8-42-28(41)34-17-7-6-13-4-3-5-14-9-19(35(24(13)14)27(17)40)26(39)33-18(11-21(37)38)20(36)12-43-25-22(31)15(29)10-16(30)23(25)32/h1,3-5,10,17-19H,6-9,11-12H2,(H,33,39)(H,34,41)(H,37,38). The number of carbonyl (C=O) groups is 5. The number of carboxylic acid groups (broad SMARTS) is 1. The van der Waals surface area contributed by atoms with Crippen LogP contribution in [0.15, 0.2) is 24.3 Å². The molecule has 2 aromatic carbocycles. The second-order valence-corrected chi connectivity index (χ2v) is 9.58. The van der Waals surface area contributed by atoms with Gasteiger partial charge in [0.1, 0.15) is 24.7 Å². The van der Waals surface area contributed by atoms with Gasteiger partial charge in [-0.25, -0.2) is 13.6 Å². The second-order valence-electron chi connectivity index (χ2n) is 9.58. The van der Waals surface area contributed by atoms with E-state index in [4.69, 9.17) is 11.2 Å². The first-order chi connectivity index (χ1) is 20.4. The number of hydrogen-bond donors (Lipinski definition) is 3. The number of hydrogen-bond acceptors (Lipinski definition) is 7. The number of carbonyl (C=O) groups excluding carboxylic acids is 4. The molecule has 11 nitrogen and oxygen atoms in total. The Labute approximate surface area is 241 Å². The fourth-order valence-corrected chi connectivity index (χ4v) is 4.88. The van der Waals surface area contributed by atoms with E-state index in [1.54, 1.807) is 18.2 Å². The number of anilines is 1. The van der Waals surface area contributed by atoms with Crippen LogP contribution in [0.3, 0.4) is 0 Å². The Bertz CT molecular complexity index is 1520. The fourth-order valence-electron chi connectivity index (χ4n) is 4.88. The molecule has 4 rings (SSSR count). The number of alkyl carbamates (subject to hydrolysis) is 1. The third kappa shape index (κ3) is 6.53.